The molecule has 7 nitrogen and oxygen atoms in total. The van der Waals surface area contributed by atoms with E-state index in [4.69, 9.17) is 13.9 Å². The summed E-state index contributed by atoms with van der Waals surface area (Å²) >= 11 is 0. The molecule has 0 aliphatic carbocycles. The number of nitrogens with zero attached hydrogens (tertiary/aromatic N) is 1. The predicted molar refractivity (Wildman–Crippen MR) is 122 cm³/mol. The highest BCUT2D eigenvalue weighted by Gasteiger charge is 2.22. The van der Waals surface area contributed by atoms with Crippen molar-refractivity contribution in [3.63, 3.8) is 0 Å². The molecular weight excluding hydrogens is 428 g/mol. The van der Waals surface area contributed by atoms with E-state index < -0.39 is 10.0 Å². The van der Waals surface area contributed by atoms with Crippen LogP contribution in [0.5, 0.6) is 11.5 Å². The molecule has 1 aliphatic heterocycles. The smallest absolute Gasteiger partial charge is 0.243 e. The van der Waals surface area contributed by atoms with E-state index in [9.17, 15) is 8.42 Å². The Morgan fingerprint density at radius 1 is 0.969 bits per heavy atom. The van der Waals surface area contributed by atoms with Gasteiger partial charge in [-0.25, -0.2) is 8.42 Å². The molecule has 4 rings (SSSR count). The number of rotatable bonds is 9. The molecule has 0 saturated heterocycles. The number of ether oxygens (including phenoxy) is 2. The van der Waals surface area contributed by atoms with Crippen LogP contribution < -0.4 is 14.8 Å². The number of para-hydroxylation sites is 2. The molecule has 2 heterocycles. The van der Waals surface area contributed by atoms with Gasteiger partial charge in [0.2, 0.25) is 10.0 Å². The van der Waals surface area contributed by atoms with Gasteiger partial charge in [-0.15, -0.1) is 0 Å². The van der Waals surface area contributed by atoms with E-state index in [0.717, 1.165) is 22.8 Å². The van der Waals surface area contributed by atoms with Gasteiger partial charge >= 0.3 is 0 Å². The second-order valence-corrected chi connectivity index (χ2v) is 9.45. The van der Waals surface area contributed by atoms with Gasteiger partial charge in [-0.2, -0.15) is 4.31 Å². The van der Waals surface area contributed by atoms with Crippen molar-refractivity contribution >= 4 is 10.0 Å². The molecule has 0 unspecified atom stereocenters. The zero-order valence-electron chi connectivity index (χ0n) is 18.3. The lowest BCUT2D eigenvalue weighted by atomic mass is 10.2. The Morgan fingerprint density at radius 3 is 2.41 bits per heavy atom. The highest BCUT2D eigenvalue weighted by Crippen LogP contribution is 2.30. The van der Waals surface area contributed by atoms with Crippen molar-refractivity contribution in [1.82, 2.24) is 9.62 Å². The summed E-state index contributed by atoms with van der Waals surface area (Å²) in [6.45, 7) is 6.23. The summed E-state index contributed by atoms with van der Waals surface area (Å²) in [6.07, 6.45) is -0.0698. The Balaban J connectivity index is 1.33. The van der Waals surface area contributed by atoms with Gasteiger partial charge in [-0.05, 0) is 48.5 Å². The highest BCUT2D eigenvalue weighted by atomic mass is 32.2. The fourth-order valence-electron chi connectivity index (χ4n) is 3.65. The molecule has 0 radical (unpaired) electrons. The molecule has 0 amide bonds. The van der Waals surface area contributed by atoms with Gasteiger partial charge in [-0.1, -0.05) is 26.0 Å². The minimum absolute atomic E-state index is 0.0698. The fourth-order valence-corrected chi connectivity index (χ4v) is 5.11. The van der Waals surface area contributed by atoms with Crippen molar-refractivity contribution in [1.29, 1.82) is 0 Å². The molecule has 1 atom stereocenters. The Hall–Kier alpha value is -2.81. The maximum absolute atomic E-state index is 12.6. The Labute approximate surface area is 189 Å². The first-order valence-corrected chi connectivity index (χ1v) is 12.2. The third kappa shape index (κ3) is 4.82. The number of nitrogens with one attached hydrogen (secondary N) is 1. The largest absolute Gasteiger partial charge is 0.486 e. The molecule has 0 spiro atoms. The van der Waals surface area contributed by atoms with E-state index in [1.807, 2.05) is 50.2 Å². The van der Waals surface area contributed by atoms with E-state index in [2.05, 4.69) is 5.32 Å². The first-order valence-electron chi connectivity index (χ1n) is 10.8. The molecule has 0 saturated carbocycles. The van der Waals surface area contributed by atoms with Crippen LogP contribution in [0.1, 0.15) is 19.6 Å². The van der Waals surface area contributed by atoms with Crippen LogP contribution in [-0.2, 0) is 16.6 Å². The third-order valence-corrected chi connectivity index (χ3v) is 7.45. The predicted octanol–water partition coefficient (Wildman–Crippen LogP) is 3.91. The first kappa shape index (κ1) is 22.4. The van der Waals surface area contributed by atoms with Gasteiger partial charge in [0.25, 0.3) is 0 Å². The minimum Gasteiger partial charge on any atom is -0.486 e. The summed E-state index contributed by atoms with van der Waals surface area (Å²) in [4.78, 5) is 0.287. The molecule has 0 bridgehead atoms. The van der Waals surface area contributed by atoms with Gasteiger partial charge < -0.3 is 19.2 Å². The second-order valence-electron chi connectivity index (χ2n) is 7.51. The van der Waals surface area contributed by atoms with Crippen LogP contribution in [0, 0.1) is 0 Å². The molecule has 1 aromatic heterocycles. The minimum atomic E-state index is -3.47. The fraction of sp³-hybridized carbons (Fsp3) is 0.333. The summed E-state index contributed by atoms with van der Waals surface area (Å²) in [7, 11) is -3.47. The van der Waals surface area contributed by atoms with Crippen LogP contribution in [0.15, 0.2) is 70.0 Å². The summed E-state index contributed by atoms with van der Waals surface area (Å²) in [5.41, 5.74) is 0.829. The van der Waals surface area contributed by atoms with E-state index in [-0.39, 0.29) is 11.0 Å². The van der Waals surface area contributed by atoms with Gasteiger partial charge in [0.1, 0.15) is 24.2 Å². The van der Waals surface area contributed by atoms with Crippen molar-refractivity contribution < 1.29 is 22.3 Å². The highest BCUT2D eigenvalue weighted by molar-refractivity contribution is 7.89. The van der Waals surface area contributed by atoms with Crippen molar-refractivity contribution in [3.05, 3.63) is 66.4 Å². The maximum Gasteiger partial charge on any atom is 0.243 e. The Kier molecular flexibility index (Phi) is 6.83. The van der Waals surface area contributed by atoms with Gasteiger partial charge in [-0.3, -0.25) is 0 Å². The lowest BCUT2D eigenvalue weighted by Crippen LogP contribution is -2.38. The van der Waals surface area contributed by atoms with Crippen LogP contribution >= 0.6 is 0 Å². The Bertz CT molecular complexity index is 1140. The summed E-state index contributed by atoms with van der Waals surface area (Å²) in [5.74, 6) is 3.02. The zero-order chi connectivity index (χ0) is 22.6. The number of hydrogen-bond acceptors (Lipinski definition) is 6. The Morgan fingerprint density at radius 2 is 1.69 bits per heavy atom. The van der Waals surface area contributed by atoms with Crippen LogP contribution in [0.3, 0.4) is 0 Å². The third-order valence-electron chi connectivity index (χ3n) is 5.38. The number of furan rings is 1. The standard InChI is InChI=1S/C24H28N2O5S/c1-3-26(4-2)32(27,28)21-12-9-18(10-13-21)22-14-11-19(30-22)15-25-16-20-17-29-23-7-5-6-8-24(23)31-20/h5-14,20,25H,3-4,15-17H2,1-2H3/t20-/m1/s1. The van der Waals surface area contributed by atoms with E-state index in [1.165, 1.54) is 4.31 Å². The number of sulfonamides is 1. The van der Waals surface area contributed by atoms with Gasteiger partial charge in [0.15, 0.2) is 11.5 Å². The molecule has 32 heavy (non-hydrogen) atoms. The molecule has 3 aromatic rings. The molecular formula is C24H28N2O5S. The second kappa shape index (κ2) is 9.77. The van der Waals surface area contributed by atoms with Crippen molar-refractivity contribution in [2.24, 2.45) is 0 Å². The van der Waals surface area contributed by atoms with Crippen LogP contribution in [0.4, 0.5) is 0 Å². The summed E-state index contributed by atoms with van der Waals surface area (Å²) < 4.78 is 44.3. The zero-order valence-corrected chi connectivity index (χ0v) is 19.1. The van der Waals surface area contributed by atoms with Gasteiger partial charge in [0, 0.05) is 25.2 Å². The molecule has 1 N–H and O–H groups in total. The first-order chi connectivity index (χ1) is 15.5. The molecule has 1 aliphatic rings. The molecule has 8 heteroatoms. The quantitative estimate of drug-likeness (QED) is 0.526. The molecule has 2 aromatic carbocycles. The number of hydrogen-bond donors (Lipinski definition) is 1. The van der Waals surface area contributed by atoms with Crippen LogP contribution in [0.2, 0.25) is 0 Å². The van der Waals surface area contributed by atoms with Crippen LogP contribution in [-0.4, -0.2) is 45.1 Å². The molecule has 170 valence electrons. The monoisotopic (exact) mass is 456 g/mol. The normalized spacial score (nSPS) is 15.8. The maximum atomic E-state index is 12.6. The average molecular weight is 457 g/mol. The summed E-state index contributed by atoms with van der Waals surface area (Å²) in [5, 5.41) is 3.34. The van der Waals surface area contributed by atoms with E-state index in [0.29, 0.717) is 38.5 Å². The number of fused-ring (bicyclic) bond motifs is 1. The van der Waals surface area contributed by atoms with E-state index >= 15 is 0 Å². The topological polar surface area (TPSA) is 81.0 Å². The van der Waals surface area contributed by atoms with E-state index in [1.54, 1.807) is 24.3 Å². The number of benzene rings is 2. The average Bonchev–Trinajstić information content (AvgIpc) is 3.29. The van der Waals surface area contributed by atoms with Gasteiger partial charge in [0.05, 0.1) is 11.4 Å². The van der Waals surface area contributed by atoms with Crippen LogP contribution in [0.25, 0.3) is 11.3 Å². The molecule has 0 fully saturated rings. The lowest BCUT2D eigenvalue weighted by Gasteiger charge is -2.26. The summed E-state index contributed by atoms with van der Waals surface area (Å²) in [6, 6.07) is 18.3. The van der Waals surface area contributed by atoms with Crippen molar-refractivity contribution in [2.45, 2.75) is 31.4 Å². The van der Waals surface area contributed by atoms with Crippen molar-refractivity contribution in [2.75, 3.05) is 26.2 Å². The lowest BCUT2D eigenvalue weighted by molar-refractivity contribution is 0.0899. The SMILES string of the molecule is CCN(CC)S(=O)(=O)c1ccc(-c2ccc(CNC[C@@H]3COc4ccccc4O3)o2)cc1. The van der Waals surface area contributed by atoms with Crippen molar-refractivity contribution in [3.8, 4) is 22.8 Å².